The first-order valence-electron chi connectivity index (χ1n) is 7.58. The number of pyridine rings is 1. The van der Waals surface area contributed by atoms with Crippen molar-refractivity contribution in [1.29, 1.82) is 0 Å². The van der Waals surface area contributed by atoms with Gasteiger partial charge in [0, 0.05) is 11.3 Å². The monoisotopic (exact) mass is 319 g/mol. The molecule has 6 heteroatoms. The number of nitrogens with zero attached hydrogens (tertiary/aromatic N) is 1. The molecular formula is C16H18ClN3O2. The van der Waals surface area contributed by atoms with E-state index in [0.29, 0.717) is 10.8 Å². The minimum absolute atomic E-state index is 0.0951. The summed E-state index contributed by atoms with van der Waals surface area (Å²) in [7, 11) is 0. The zero-order valence-corrected chi connectivity index (χ0v) is 12.9. The summed E-state index contributed by atoms with van der Waals surface area (Å²) < 4.78 is 0. The molecule has 5 nitrogen and oxygen atoms in total. The Bertz CT molecular complexity index is 704. The molecule has 2 N–H and O–H groups in total. The number of aromatic amines is 1. The van der Waals surface area contributed by atoms with Crippen LogP contribution in [0.4, 0.5) is 0 Å². The van der Waals surface area contributed by atoms with E-state index in [-0.39, 0.29) is 24.2 Å². The van der Waals surface area contributed by atoms with E-state index in [1.165, 1.54) is 6.42 Å². The van der Waals surface area contributed by atoms with Gasteiger partial charge in [0.1, 0.15) is 10.8 Å². The van der Waals surface area contributed by atoms with Crippen molar-refractivity contribution >= 4 is 34.2 Å². The maximum atomic E-state index is 12.1. The van der Waals surface area contributed by atoms with Crippen LogP contribution in [-0.4, -0.2) is 28.2 Å². The lowest BCUT2D eigenvalue weighted by Gasteiger charge is -2.20. The molecule has 0 aliphatic heterocycles. The Balaban J connectivity index is 1.61. The maximum absolute atomic E-state index is 12.1. The van der Waals surface area contributed by atoms with E-state index in [9.17, 15) is 9.59 Å². The molecule has 0 saturated heterocycles. The second-order valence-corrected chi connectivity index (χ2v) is 6.15. The van der Waals surface area contributed by atoms with Gasteiger partial charge in [0.2, 0.25) is 0 Å². The lowest BCUT2D eigenvalue weighted by Crippen LogP contribution is -2.33. The number of carbonyl (C=O) groups is 2. The minimum Gasteiger partial charge on any atom is -0.349 e. The zero-order valence-electron chi connectivity index (χ0n) is 12.2. The van der Waals surface area contributed by atoms with E-state index >= 15 is 0 Å². The van der Waals surface area contributed by atoms with E-state index in [1.54, 1.807) is 18.3 Å². The fourth-order valence-electron chi connectivity index (χ4n) is 2.96. The molecule has 0 spiro atoms. The van der Waals surface area contributed by atoms with E-state index in [0.717, 1.165) is 36.6 Å². The molecule has 0 bridgehead atoms. The van der Waals surface area contributed by atoms with Crippen LogP contribution in [0.2, 0.25) is 5.15 Å². The first-order chi connectivity index (χ1) is 10.6. The van der Waals surface area contributed by atoms with Crippen molar-refractivity contribution in [3.63, 3.8) is 0 Å². The maximum Gasteiger partial charge on any atom is 0.268 e. The standard InChI is InChI=1S/C16H18ClN3O2/c17-15-7-11-6-12(20-13(11)8-18-15)16(22)19-9-14(21)10-4-2-1-3-5-10/h6-8,10,20H,1-5,9H2,(H,19,22). The molecule has 1 aliphatic carbocycles. The second-order valence-electron chi connectivity index (χ2n) is 5.76. The SMILES string of the molecule is O=C(NCC(=O)C1CCCCC1)c1cc2cc(Cl)ncc2[nH]1. The Morgan fingerprint density at radius 1 is 1.27 bits per heavy atom. The van der Waals surface area contributed by atoms with Crippen molar-refractivity contribution in [2.75, 3.05) is 6.54 Å². The van der Waals surface area contributed by atoms with Crippen LogP contribution in [0.1, 0.15) is 42.6 Å². The first-order valence-corrected chi connectivity index (χ1v) is 7.96. The third-order valence-electron chi connectivity index (χ3n) is 4.20. The van der Waals surface area contributed by atoms with E-state index < -0.39 is 0 Å². The largest absolute Gasteiger partial charge is 0.349 e. The molecule has 1 fully saturated rings. The molecule has 2 heterocycles. The van der Waals surface area contributed by atoms with Crippen LogP contribution < -0.4 is 5.32 Å². The van der Waals surface area contributed by atoms with Gasteiger partial charge in [-0.1, -0.05) is 30.9 Å². The Morgan fingerprint density at radius 3 is 2.82 bits per heavy atom. The summed E-state index contributed by atoms with van der Waals surface area (Å²) in [6, 6.07) is 3.40. The van der Waals surface area contributed by atoms with Gasteiger partial charge in [-0.2, -0.15) is 0 Å². The van der Waals surface area contributed by atoms with Crippen LogP contribution in [0.3, 0.4) is 0 Å². The molecule has 22 heavy (non-hydrogen) atoms. The van der Waals surface area contributed by atoms with Gasteiger partial charge >= 0.3 is 0 Å². The molecule has 0 unspecified atom stereocenters. The molecule has 0 atom stereocenters. The lowest BCUT2D eigenvalue weighted by molar-refractivity contribution is -0.122. The highest BCUT2D eigenvalue weighted by Crippen LogP contribution is 2.24. The number of nitrogens with one attached hydrogen (secondary N) is 2. The molecule has 3 rings (SSSR count). The Labute approximate surface area is 133 Å². The third kappa shape index (κ3) is 3.30. The van der Waals surface area contributed by atoms with Gasteiger partial charge in [-0.05, 0) is 25.0 Å². The molecule has 116 valence electrons. The number of hydrogen-bond donors (Lipinski definition) is 2. The average Bonchev–Trinajstić information content (AvgIpc) is 2.96. The van der Waals surface area contributed by atoms with Gasteiger partial charge in [-0.15, -0.1) is 0 Å². The summed E-state index contributed by atoms with van der Waals surface area (Å²) in [5.41, 5.74) is 1.16. The molecule has 1 amide bonds. The molecule has 2 aromatic heterocycles. The number of hydrogen-bond acceptors (Lipinski definition) is 3. The number of fused-ring (bicyclic) bond motifs is 1. The fraction of sp³-hybridized carbons (Fsp3) is 0.438. The van der Waals surface area contributed by atoms with Gasteiger partial charge in [-0.25, -0.2) is 4.98 Å². The summed E-state index contributed by atoms with van der Waals surface area (Å²) in [6.07, 6.45) is 6.92. The quantitative estimate of drug-likeness (QED) is 0.850. The minimum atomic E-state index is -0.281. The van der Waals surface area contributed by atoms with E-state index in [2.05, 4.69) is 15.3 Å². The smallest absolute Gasteiger partial charge is 0.268 e. The average molecular weight is 320 g/mol. The third-order valence-corrected chi connectivity index (χ3v) is 4.41. The number of Topliss-reactive ketones (excluding diaryl/α,β-unsaturated/α-hetero) is 1. The van der Waals surface area contributed by atoms with Crippen LogP contribution in [0.15, 0.2) is 18.3 Å². The zero-order chi connectivity index (χ0) is 15.5. The van der Waals surface area contributed by atoms with Crippen LogP contribution in [-0.2, 0) is 4.79 Å². The molecule has 0 aromatic carbocycles. The summed E-state index contributed by atoms with van der Waals surface area (Å²) in [5.74, 6) is -0.0369. The summed E-state index contributed by atoms with van der Waals surface area (Å²) in [5, 5.41) is 3.90. The lowest BCUT2D eigenvalue weighted by atomic mass is 9.86. The van der Waals surface area contributed by atoms with E-state index in [1.807, 2.05) is 0 Å². The van der Waals surface area contributed by atoms with Crippen LogP contribution in [0.25, 0.3) is 10.9 Å². The van der Waals surface area contributed by atoms with Crippen LogP contribution >= 0.6 is 11.6 Å². The van der Waals surface area contributed by atoms with Crippen LogP contribution in [0.5, 0.6) is 0 Å². The highest BCUT2D eigenvalue weighted by molar-refractivity contribution is 6.30. The number of halogens is 1. The summed E-state index contributed by atoms with van der Waals surface area (Å²) >= 11 is 5.83. The first kappa shape index (κ1) is 15.0. The molecule has 1 aliphatic rings. The molecule has 0 radical (unpaired) electrons. The Morgan fingerprint density at radius 2 is 2.05 bits per heavy atom. The van der Waals surface area contributed by atoms with Gasteiger partial charge in [0.25, 0.3) is 5.91 Å². The summed E-state index contributed by atoms with van der Waals surface area (Å²) in [6.45, 7) is 0.0951. The summed E-state index contributed by atoms with van der Waals surface area (Å²) in [4.78, 5) is 31.2. The predicted molar refractivity (Wildman–Crippen MR) is 85.0 cm³/mol. The number of H-pyrrole nitrogens is 1. The van der Waals surface area contributed by atoms with Crippen LogP contribution in [0, 0.1) is 5.92 Å². The Kier molecular flexibility index (Phi) is 4.43. The molecule has 2 aromatic rings. The van der Waals surface area contributed by atoms with Crippen molar-refractivity contribution in [3.8, 4) is 0 Å². The van der Waals surface area contributed by atoms with Crippen molar-refractivity contribution in [1.82, 2.24) is 15.3 Å². The molecule has 1 saturated carbocycles. The topological polar surface area (TPSA) is 74.8 Å². The van der Waals surface area contributed by atoms with Gasteiger partial charge in [0.05, 0.1) is 18.3 Å². The highest BCUT2D eigenvalue weighted by Gasteiger charge is 2.21. The van der Waals surface area contributed by atoms with Crippen molar-refractivity contribution in [2.45, 2.75) is 32.1 Å². The number of ketones is 1. The number of carbonyl (C=O) groups excluding carboxylic acids is 2. The van der Waals surface area contributed by atoms with Gasteiger partial charge in [-0.3, -0.25) is 9.59 Å². The van der Waals surface area contributed by atoms with Gasteiger partial charge < -0.3 is 10.3 Å². The molecular weight excluding hydrogens is 302 g/mol. The number of amides is 1. The fourth-order valence-corrected chi connectivity index (χ4v) is 3.12. The van der Waals surface area contributed by atoms with E-state index in [4.69, 9.17) is 11.6 Å². The van der Waals surface area contributed by atoms with Crippen molar-refractivity contribution in [3.05, 3.63) is 29.2 Å². The highest BCUT2D eigenvalue weighted by atomic mass is 35.5. The second kappa shape index (κ2) is 6.48. The number of rotatable bonds is 4. The van der Waals surface area contributed by atoms with Gasteiger partial charge in [0.15, 0.2) is 5.78 Å². The Hall–Kier alpha value is -1.88. The van der Waals surface area contributed by atoms with Crippen molar-refractivity contribution in [2.24, 2.45) is 5.92 Å². The van der Waals surface area contributed by atoms with Crippen molar-refractivity contribution < 1.29 is 9.59 Å². The predicted octanol–water partition coefficient (Wildman–Crippen LogP) is 3.10. The number of aromatic nitrogens is 2. The normalized spacial score (nSPS) is 15.9.